The fourth-order valence-electron chi connectivity index (χ4n) is 1.62. The minimum atomic E-state index is -1.26. The Hall–Kier alpha value is -1.39. The molecule has 1 heterocycles. The normalized spacial score (nSPS) is 23.1. The molecule has 78 valence electrons. The van der Waals surface area contributed by atoms with Gasteiger partial charge in [-0.05, 0) is 5.92 Å². The van der Waals surface area contributed by atoms with Crippen LogP contribution in [0, 0.1) is 5.92 Å². The zero-order valence-corrected chi connectivity index (χ0v) is 8.19. The Morgan fingerprint density at radius 2 is 2.07 bits per heavy atom. The first-order valence-electron chi connectivity index (χ1n) is 4.50. The lowest BCUT2D eigenvalue weighted by atomic mass is 9.92. The van der Waals surface area contributed by atoms with E-state index in [0.29, 0.717) is 0 Å². The van der Waals surface area contributed by atoms with Crippen LogP contribution in [0.15, 0.2) is 0 Å². The first kappa shape index (κ1) is 10.7. The maximum Gasteiger partial charge on any atom is 0.414 e. The molecule has 1 atom stereocenters. The zero-order chi connectivity index (χ0) is 10.9. The van der Waals surface area contributed by atoms with Gasteiger partial charge >= 0.3 is 6.09 Å². The van der Waals surface area contributed by atoms with Gasteiger partial charge in [0.05, 0.1) is 12.5 Å². The summed E-state index contributed by atoms with van der Waals surface area (Å²) in [7, 11) is 0. The average molecular weight is 199 g/mol. The van der Waals surface area contributed by atoms with Crippen LogP contribution in [0.3, 0.4) is 0 Å². The summed E-state index contributed by atoms with van der Waals surface area (Å²) in [6.45, 7) is 3.60. The Bertz CT molecular complexity index is 285. The van der Waals surface area contributed by atoms with Crippen molar-refractivity contribution in [2.24, 2.45) is 5.92 Å². The molecule has 0 aromatic heterocycles. The monoisotopic (exact) mass is 199 g/mol. The molecule has 0 aromatic rings. The Morgan fingerprint density at radius 1 is 1.50 bits per heavy atom. The van der Waals surface area contributed by atoms with Crippen molar-refractivity contribution in [3.63, 3.8) is 0 Å². The topological polar surface area (TPSA) is 74.7 Å². The molecule has 0 aromatic carbocycles. The van der Waals surface area contributed by atoms with Gasteiger partial charge in [-0.1, -0.05) is 13.8 Å². The highest BCUT2D eigenvalue weighted by molar-refractivity contribution is 6.06. The van der Waals surface area contributed by atoms with Gasteiger partial charge in [-0.25, -0.2) is 9.69 Å². The lowest BCUT2D eigenvalue weighted by molar-refractivity contribution is -0.141. The van der Waals surface area contributed by atoms with E-state index in [1.807, 2.05) is 0 Å². The molecule has 1 rings (SSSR count). The number of hydrogen-bond donors (Lipinski definition) is 1. The molecule has 1 N–H and O–H groups in total. The number of likely N-dealkylation sites (tertiary alicyclic amines) is 1. The molecular formula is C9H13NO4. The maximum absolute atomic E-state index is 11.3. The quantitative estimate of drug-likeness (QED) is 0.636. The van der Waals surface area contributed by atoms with E-state index < -0.39 is 18.0 Å². The van der Waals surface area contributed by atoms with Crippen molar-refractivity contribution in [2.45, 2.75) is 32.7 Å². The molecular weight excluding hydrogens is 186 g/mol. The standard InChI is InChI=1S/C9H13NO4/c1-5(2)7-3-6(11)4-8(12)10(7)9(13)14/h5,7H,3-4H2,1-2H3,(H,13,14). The minimum absolute atomic E-state index is 0.0284. The van der Waals surface area contributed by atoms with Gasteiger partial charge in [0, 0.05) is 6.42 Å². The first-order valence-corrected chi connectivity index (χ1v) is 4.50. The van der Waals surface area contributed by atoms with Crippen molar-refractivity contribution in [1.82, 2.24) is 4.90 Å². The molecule has 1 unspecified atom stereocenters. The number of rotatable bonds is 1. The maximum atomic E-state index is 11.3. The van der Waals surface area contributed by atoms with Crippen LogP contribution in [0.5, 0.6) is 0 Å². The van der Waals surface area contributed by atoms with Crippen LogP contribution < -0.4 is 0 Å². The van der Waals surface area contributed by atoms with E-state index in [9.17, 15) is 14.4 Å². The third-order valence-electron chi connectivity index (χ3n) is 2.36. The Balaban J connectivity index is 2.92. The fraction of sp³-hybridized carbons (Fsp3) is 0.667. The molecule has 5 heteroatoms. The number of carbonyl (C=O) groups excluding carboxylic acids is 2. The molecule has 1 saturated heterocycles. The smallest absolute Gasteiger partial charge is 0.414 e. The molecule has 0 spiro atoms. The van der Waals surface area contributed by atoms with Gasteiger partial charge in [-0.15, -0.1) is 0 Å². The second-order valence-corrected chi connectivity index (χ2v) is 3.78. The lowest BCUT2D eigenvalue weighted by Gasteiger charge is -2.33. The van der Waals surface area contributed by atoms with Crippen LogP contribution in [0.1, 0.15) is 26.7 Å². The van der Waals surface area contributed by atoms with Gasteiger partial charge in [0.15, 0.2) is 0 Å². The molecule has 1 aliphatic heterocycles. The third-order valence-corrected chi connectivity index (χ3v) is 2.36. The molecule has 0 aliphatic carbocycles. The molecule has 0 radical (unpaired) electrons. The fourth-order valence-corrected chi connectivity index (χ4v) is 1.62. The summed E-state index contributed by atoms with van der Waals surface area (Å²) in [5, 5.41) is 8.81. The number of Topliss-reactive ketones (excluding diaryl/α,β-unsaturated/α-hetero) is 1. The molecule has 0 bridgehead atoms. The van der Waals surface area contributed by atoms with Crippen molar-refractivity contribution >= 4 is 17.8 Å². The van der Waals surface area contributed by atoms with Gasteiger partial charge in [0.1, 0.15) is 5.78 Å². The number of ketones is 1. The summed E-state index contributed by atoms with van der Waals surface area (Å²) < 4.78 is 0. The highest BCUT2D eigenvalue weighted by Crippen LogP contribution is 2.21. The third kappa shape index (κ3) is 1.92. The number of carboxylic acid groups (broad SMARTS) is 1. The molecule has 1 fully saturated rings. The number of imide groups is 1. The van der Waals surface area contributed by atoms with E-state index in [0.717, 1.165) is 4.90 Å². The number of piperidine rings is 1. The van der Waals surface area contributed by atoms with Crippen LogP contribution in [-0.2, 0) is 9.59 Å². The Labute approximate surface area is 81.7 Å². The molecule has 0 saturated carbocycles. The largest absolute Gasteiger partial charge is 0.465 e. The summed E-state index contributed by atoms with van der Waals surface area (Å²) in [5.74, 6) is -0.807. The van der Waals surface area contributed by atoms with Crippen LogP contribution in [0.25, 0.3) is 0 Å². The SMILES string of the molecule is CC(C)C1CC(=O)CC(=O)N1C(=O)O. The van der Waals surface area contributed by atoms with Gasteiger partial charge < -0.3 is 5.11 Å². The van der Waals surface area contributed by atoms with Crippen molar-refractivity contribution in [2.75, 3.05) is 0 Å². The van der Waals surface area contributed by atoms with E-state index in [1.54, 1.807) is 13.8 Å². The van der Waals surface area contributed by atoms with E-state index >= 15 is 0 Å². The van der Waals surface area contributed by atoms with E-state index in [-0.39, 0.29) is 24.5 Å². The lowest BCUT2D eigenvalue weighted by Crippen LogP contribution is -2.51. The molecule has 2 amide bonds. The van der Waals surface area contributed by atoms with E-state index in [1.165, 1.54) is 0 Å². The predicted molar refractivity (Wildman–Crippen MR) is 47.7 cm³/mol. The van der Waals surface area contributed by atoms with Gasteiger partial charge in [-0.2, -0.15) is 0 Å². The van der Waals surface area contributed by atoms with Crippen LogP contribution in [0.4, 0.5) is 4.79 Å². The van der Waals surface area contributed by atoms with Crippen molar-refractivity contribution in [3.05, 3.63) is 0 Å². The van der Waals surface area contributed by atoms with Gasteiger partial charge in [0.25, 0.3) is 0 Å². The number of carbonyl (C=O) groups is 3. The summed E-state index contributed by atoms with van der Waals surface area (Å²) in [6, 6.07) is -0.499. The number of amides is 2. The van der Waals surface area contributed by atoms with Crippen LogP contribution in [-0.4, -0.2) is 33.8 Å². The highest BCUT2D eigenvalue weighted by Gasteiger charge is 2.38. The molecule has 5 nitrogen and oxygen atoms in total. The molecule has 1 aliphatic rings. The first-order chi connectivity index (χ1) is 6.43. The van der Waals surface area contributed by atoms with E-state index in [4.69, 9.17) is 5.11 Å². The Kier molecular flexibility index (Phi) is 2.88. The van der Waals surface area contributed by atoms with Crippen LogP contribution >= 0.6 is 0 Å². The molecule has 14 heavy (non-hydrogen) atoms. The summed E-state index contributed by atoms with van der Waals surface area (Å²) in [4.78, 5) is 34.0. The van der Waals surface area contributed by atoms with Gasteiger partial charge in [0.2, 0.25) is 5.91 Å². The highest BCUT2D eigenvalue weighted by atomic mass is 16.4. The van der Waals surface area contributed by atoms with Crippen LogP contribution in [0.2, 0.25) is 0 Å². The predicted octanol–water partition coefficient (Wildman–Crippen LogP) is 0.881. The summed E-state index contributed by atoms with van der Waals surface area (Å²) >= 11 is 0. The number of nitrogens with zero attached hydrogens (tertiary/aromatic N) is 1. The number of hydrogen-bond acceptors (Lipinski definition) is 3. The van der Waals surface area contributed by atoms with Gasteiger partial charge in [-0.3, -0.25) is 9.59 Å². The van der Waals surface area contributed by atoms with Crippen molar-refractivity contribution < 1.29 is 19.5 Å². The Morgan fingerprint density at radius 3 is 2.50 bits per heavy atom. The second-order valence-electron chi connectivity index (χ2n) is 3.78. The van der Waals surface area contributed by atoms with E-state index in [2.05, 4.69) is 0 Å². The van der Waals surface area contributed by atoms with Crippen molar-refractivity contribution in [3.8, 4) is 0 Å². The zero-order valence-electron chi connectivity index (χ0n) is 8.19. The second kappa shape index (κ2) is 3.77. The average Bonchev–Trinajstić information content (AvgIpc) is 2.01. The minimum Gasteiger partial charge on any atom is -0.465 e. The van der Waals surface area contributed by atoms with Crippen molar-refractivity contribution in [1.29, 1.82) is 0 Å². The summed E-state index contributed by atoms with van der Waals surface area (Å²) in [5.41, 5.74) is 0. The summed E-state index contributed by atoms with van der Waals surface area (Å²) in [6.07, 6.45) is -1.40.